The van der Waals surface area contributed by atoms with Crippen LogP contribution in [0.5, 0.6) is 0 Å². The molecule has 0 aliphatic carbocycles. The first-order valence-corrected chi connectivity index (χ1v) is 6.21. The van der Waals surface area contributed by atoms with Gasteiger partial charge in [-0.25, -0.2) is 4.79 Å². The minimum absolute atomic E-state index is 0.700. The summed E-state index contributed by atoms with van der Waals surface area (Å²) in [5.74, 6) is -40.8. The molecule has 0 spiro atoms. The van der Waals surface area contributed by atoms with Crippen molar-refractivity contribution in [2.75, 3.05) is 6.61 Å². The van der Waals surface area contributed by atoms with Gasteiger partial charge in [-0.1, -0.05) is 6.58 Å². The number of esters is 1. The standard InChI is InChI=1S/C12H7F13O2/c1-3-5(6(26)27-4-2)7(13,14)8(15,16)9(17,18)10(19,20)11(21,22)12(23,24)25/h1,4H2,2H3. The Morgan fingerprint density at radius 3 is 1.44 bits per heavy atom. The van der Waals surface area contributed by atoms with Crippen molar-refractivity contribution in [3.05, 3.63) is 17.9 Å². The largest absolute Gasteiger partial charge is 0.462 e. The molecule has 0 aromatic rings. The maximum absolute atomic E-state index is 13.6. The summed E-state index contributed by atoms with van der Waals surface area (Å²) in [6.07, 6.45) is -7.51. The van der Waals surface area contributed by atoms with Gasteiger partial charge in [-0.05, 0) is 6.92 Å². The van der Waals surface area contributed by atoms with E-state index in [-0.39, 0.29) is 0 Å². The van der Waals surface area contributed by atoms with Gasteiger partial charge in [0.15, 0.2) is 5.57 Å². The zero-order valence-corrected chi connectivity index (χ0v) is 12.6. The number of ether oxygens (including phenoxy) is 1. The maximum atomic E-state index is 13.6. The summed E-state index contributed by atoms with van der Waals surface area (Å²) >= 11 is 0. The summed E-state index contributed by atoms with van der Waals surface area (Å²) in [6, 6.07) is 0. The molecule has 0 aliphatic rings. The Hall–Kier alpha value is -1.92. The highest BCUT2D eigenvalue weighted by Crippen LogP contribution is 2.61. The minimum Gasteiger partial charge on any atom is -0.462 e. The Kier molecular flexibility index (Phi) is 6.42. The highest BCUT2D eigenvalue weighted by molar-refractivity contribution is 5.90. The second kappa shape index (κ2) is 6.91. The predicted octanol–water partition coefficient (Wildman–Crippen LogP) is 5.00. The van der Waals surface area contributed by atoms with Crippen LogP contribution in [0.4, 0.5) is 57.1 Å². The second-order valence-electron chi connectivity index (χ2n) is 4.64. The van der Waals surface area contributed by atoms with E-state index in [4.69, 9.17) is 0 Å². The fourth-order valence-corrected chi connectivity index (χ4v) is 1.44. The van der Waals surface area contributed by atoms with Crippen LogP contribution >= 0.6 is 0 Å². The first kappa shape index (κ1) is 25.1. The monoisotopic (exact) mass is 430 g/mol. The van der Waals surface area contributed by atoms with Gasteiger partial charge < -0.3 is 4.74 Å². The normalized spacial score (nSPS) is 14.6. The molecule has 0 saturated carbocycles. The lowest BCUT2D eigenvalue weighted by Gasteiger charge is -2.39. The molecule has 0 rings (SSSR count). The number of carbonyl (C=O) groups is 1. The van der Waals surface area contributed by atoms with Crippen LogP contribution in [0.1, 0.15) is 6.92 Å². The van der Waals surface area contributed by atoms with Crippen LogP contribution in [0.3, 0.4) is 0 Å². The number of carbonyl (C=O) groups excluding carboxylic acids is 1. The van der Waals surface area contributed by atoms with Crippen LogP contribution in [0.25, 0.3) is 0 Å². The molecule has 0 radical (unpaired) electrons. The topological polar surface area (TPSA) is 26.3 Å². The number of hydrogen-bond acceptors (Lipinski definition) is 2. The highest BCUT2D eigenvalue weighted by atomic mass is 19.4. The first-order chi connectivity index (χ1) is 11.7. The number of halogens is 13. The van der Waals surface area contributed by atoms with Gasteiger partial charge in [0.1, 0.15) is 0 Å². The molecule has 0 heterocycles. The molecule has 0 N–H and O–H groups in total. The molecule has 0 saturated heterocycles. The van der Waals surface area contributed by atoms with Crippen LogP contribution < -0.4 is 0 Å². The molecular formula is C12H7F13O2. The van der Waals surface area contributed by atoms with Crippen molar-refractivity contribution in [1.29, 1.82) is 0 Å². The third-order valence-electron chi connectivity index (χ3n) is 2.90. The minimum atomic E-state index is -8.05. The van der Waals surface area contributed by atoms with Crippen molar-refractivity contribution in [2.45, 2.75) is 42.7 Å². The summed E-state index contributed by atoms with van der Waals surface area (Å²) in [4.78, 5) is 11.1. The van der Waals surface area contributed by atoms with Gasteiger partial charge in [0.25, 0.3) is 0 Å². The molecule has 0 amide bonds. The fourth-order valence-electron chi connectivity index (χ4n) is 1.44. The molecule has 0 aliphatic heterocycles. The van der Waals surface area contributed by atoms with Crippen LogP contribution in [-0.2, 0) is 9.53 Å². The zero-order valence-electron chi connectivity index (χ0n) is 12.6. The van der Waals surface area contributed by atoms with E-state index in [1.165, 1.54) is 0 Å². The van der Waals surface area contributed by atoms with Crippen molar-refractivity contribution in [2.24, 2.45) is 0 Å². The van der Waals surface area contributed by atoms with Crippen LogP contribution in [0.15, 0.2) is 17.9 Å². The molecule has 0 bridgehead atoms. The van der Waals surface area contributed by atoms with Gasteiger partial charge in [0.2, 0.25) is 0 Å². The third kappa shape index (κ3) is 3.48. The quantitative estimate of drug-likeness (QED) is 0.246. The van der Waals surface area contributed by atoms with Crippen LogP contribution in [0, 0.1) is 0 Å². The molecule has 15 heteroatoms. The average molecular weight is 430 g/mol. The fraction of sp³-hybridized carbons (Fsp3) is 0.667. The first-order valence-electron chi connectivity index (χ1n) is 6.21. The molecule has 0 aromatic heterocycles. The van der Waals surface area contributed by atoms with E-state index in [0.717, 1.165) is 6.92 Å². The van der Waals surface area contributed by atoms with E-state index >= 15 is 0 Å². The molecule has 0 aromatic carbocycles. The Morgan fingerprint density at radius 1 is 0.778 bits per heavy atom. The lowest BCUT2D eigenvalue weighted by atomic mass is 9.90. The van der Waals surface area contributed by atoms with Gasteiger partial charge in [0.05, 0.1) is 6.61 Å². The van der Waals surface area contributed by atoms with Crippen molar-refractivity contribution >= 4 is 5.97 Å². The third-order valence-corrected chi connectivity index (χ3v) is 2.90. The van der Waals surface area contributed by atoms with Gasteiger partial charge in [-0.2, -0.15) is 57.1 Å². The number of rotatable bonds is 7. The van der Waals surface area contributed by atoms with Crippen LogP contribution in [0.2, 0.25) is 0 Å². The predicted molar refractivity (Wildman–Crippen MR) is 60.1 cm³/mol. The highest BCUT2D eigenvalue weighted by Gasteiger charge is 2.91. The Morgan fingerprint density at radius 2 is 1.15 bits per heavy atom. The number of alkyl halides is 13. The van der Waals surface area contributed by atoms with Gasteiger partial charge >= 0.3 is 41.8 Å². The smallest absolute Gasteiger partial charge is 0.460 e. The molecule has 0 fully saturated rings. The van der Waals surface area contributed by atoms with Crippen molar-refractivity contribution < 1.29 is 66.6 Å². The molecule has 0 atom stereocenters. The van der Waals surface area contributed by atoms with E-state index in [1.807, 2.05) is 0 Å². The summed E-state index contributed by atoms with van der Waals surface area (Å²) in [5, 5.41) is 0. The van der Waals surface area contributed by atoms with Crippen molar-refractivity contribution in [3.8, 4) is 0 Å². The van der Waals surface area contributed by atoms with Gasteiger partial charge in [-0.3, -0.25) is 0 Å². The van der Waals surface area contributed by atoms with E-state index in [0.29, 0.717) is 5.73 Å². The summed E-state index contributed by atoms with van der Waals surface area (Å²) in [7, 11) is 0. The SMILES string of the molecule is C=C=C(C(=O)OCC)C(F)(F)C(F)(F)C(F)(F)C(F)(F)C(F)(F)C(F)(F)F. The lowest BCUT2D eigenvalue weighted by Crippen LogP contribution is -2.70. The van der Waals surface area contributed by atoms with Crippen LogP contribution in [-0.4, -0.2) is 48.4 Å². The van der Waals surface area contributed by atoms with Gasteiger partial charge in [-0.15, -0.1) is 5.73 Å². The summed E-state index contributed by atoms with van der Waals surface area (Å²) in [5.41, 5.74) is -2.19. The Balaban J connectivity index is 6.55. The Labute approximate surface area is 141 Å². The zero-order chi connectivity index (χ0) is 22.3. The number of hydrogen-bond donors (Lipinski definition) is 0. The molecular weight excluding hydrogens is 423 g/mol. The molecule has 27 heavy (non-hydrogen) atoms. The van der Waals surface area contributed by atoms with Crippen molar-refractivity contribution in [3.63, 3.8) is 0 Å². The molecule has 2 nitrogen and oxygen atoms in total. The van der Waals surface area contributed by atoms with Gasteiger partial charge in [0, 0.05) is 0 Å². The average Bonchev–Trinajstić information content (AvgIpc) is 2.45. The summed E-state index contributed by atoms with van der Waals surface area (Å²) < 4.78 is 171. The van der Waals surface area contributed by atoms with E-state index < -0.39 is 53.9 Å². The lowest BCUT2D eigenvalue weighted by molar-refractivity contribution is -0.436. The van der Waals surface area contributed by atoms with E-state index in [1.54, 1.807) is 0 Å². The Bertz CT molecular complexity index is 626. The second-order valence-corrected chi connectivity index (χ2v) is 4.64. The maximum Gasteiger partial charge on any atom is 0.460 e. The van der Waals surface area contributed by atoms with E-state index in [9.17, 15) is 61.9 Å². The summed E-state index contributed by atoms with van der Waals surface area (Å²) in [6.45, 7) is 2.31. The molecule has 0 unspecified atom stereocenters. The van der Waals surface area contributed by atoms with Crippen molar-refractivity contribution in [1.82, 2.24) is 0 Å². The molecule has 158 valence electrons. The van der Waals surface area contributed by atoms with E-state index in [2.05, 4.69) is 11.3 Å².